The fourth-order valence-electron chi connectivity index (χ4n) is 5.22. The third kappa shape index (κ3) is 6.78. The minimum Gasteiger partial charge on any atom is 0 e. The van der Waals surface area contributed by atoms with Crippen molar-refractivity contribution >= 4 is 57.7 Å². The molecule has 0 amide bonds. The van der Waals surface area contributed by atoms with Crippen molar-refractivity contribution in [2.75, 3.05) is 0 Å². The molecule has 1 aliphatic rings. The molecule has 3 nitrogen and oxygen atoms in total. The van der Waals surface area contributed by atoms with Crippen molar-refractivity contribution in [3.8, 4) is 11.1 Å². The average Bonchev–Trinajstić information content (AvgIpc) is 3.13. The van der Waals surface area contributed by atoms with Crippen LogP contribution in [0.5, 0.6) is 0 Å². The molecule has 0 atom stereocenters. The first-order valence-corrected chi connectivity index (χ1v) is 22.8. The Morgan fingerprint density at radius 3 is 2.21 bits per heavy atom. The molecule has 0 aliphatic carbocycles. The summed E-state index contributed by atoms with van der Waals surface area (Å²) in [6.07, 6.45) is 1.17. The van der Waals surface area contributed by atoms with Crippen LogP contribution in [0.1, 0.15) is 19.4 Å². The zero-order valence-electron chi connectivity index (χ0n) is 23.7. The fourth-order valence-corrected chi connectivity index (χ4v) is 13.4. The molecule has 1 radical (unpaired) electrons. The van der Waals surface area contributed by atoms with Crippen LogP contribution in [0.25, 0.3) is 21.9 Å². The van der Waals surface area contributed by atoms with E-state index in [-0.39, 0.29) is 31.6 Å². The van der Waals surface area contributed by atoms with Gasteiger partial charge in [-0.3, -0.25) is 4.79 Å². The molecule has 0 spiro atoms. The molecule has 0 saturated carbocycles. The first-order chi connectivity index (χ1) is 17.9. The van der Waals surface area contributed by atoms with Crippen LogP contribution in [0.2, 0.25) is 31.2 Å². The van der Waals surface area contributed by atoms with E-state index in [2.05, 4.69) is 116 Å². The number of nitrogens with zero attached hydrogens (tertiary/aromatic N) is 1. The second-order valence-electron chi connectivity index (χ2n) is 11.5. The van der Waals surface area contributed by atoms with Gasteiger partial charge in [-0.2, -0.15) is 0 Å². The zero-order chi connectivity index (χ0) is 27.7. The Hall–Kier alpha value is -2.57. The third-order valence-electron chi connectivity index (χ3n) is 6.86. The van der Waals surface area contributed by atoms with Crippen LogP contribution in [-0.2, 0) is 24.9 Å². The Kier molecular flexibility index (Phi) is 9.77. The van der Waals surface area contributed by atoms with E-state index in [4.69, 9.17) is 10.1 Å². The molecule has 0 fully saturated rings. The number of carbonyl (C=O) groups excluding carboxylic acids is 1. The van der Waals surface area contributed by atoms with Crippen LogP contribution in [-0.4, -0.2) is 36.8 Å². The van der Waals surface area contributed by atoms with Gasteiger partial charge in [0.15, 0.2) is 5.78 Å². The van der Waals surface area contributed by atoms with Gasteiger partial charge in [0.1, 0.15) is 0 Å². The van der Waals surface area contributed by atoms with E-state index in [9.17, 15) is 4.79 Å². The number of hydrogen-bond acceptors (Lipinski definition) is 3. The summed E-state index contributed by atoms with van der Waals surface area (Å²) >= 11 is -2.60. The number of ketones is 1. The number of hydrogen-bond donors (Lipinski definition) is 1. The quantitative estimate of drug-likeness (QED) is 0.101. The first kappa shape index (κ1) is 31.0. The first-order valence-electron chi connectivity index (χ1n) is 13.0. The number of aliphatic hydroxyl groups excluding tert-OH is 1. The second-order valence-corrected chi connectivity index (χ2v) is 25.4. The summed E-state index contributed by atoms with van der Waals surface area (Å²) < 4.78 is 2.79. The van der Waals surface area contributed by atoms with Gasteiger partial charge in [0.2, 0.25) is 0 Å². The SMILES string of the molecule is CC(=O)/C=C(/C)O.C[Si](C)(C)c1cccc2c[c-]c([C]3=Nc4cccc(-c5ccccc5)[c]4[Ge]3([CH3])[CH3])cc12.[Ir]. The molecule has 1 N–H and O–H groups in total. The largest absolute Gasteiger partial charge is 0 e. The van der Waals surface area contributed by atoms with E-state index in [0.29, 0.717) is 0 Å². The maximum atomic E-state index is 10.0. The Bertz CT molecular complexity index is 1570. The second kappa shape index (κ2) is 12.3. The third-order valence-corrected chi connectivity index (χ3v) is 15.9. The normalized spacial score (nSPS) is 14.0. The van der Waals surface area contributed by atoms with E-state index < -0.39 is 21.3 Å². The minimum atomic E-state index is -2.60. The van der Waals surface area contributed by atoms with Gasteiger partial charge < -0.3 is 5.11 Å². The topological polar surface area (TPSA) is 49.7 Å². The van der Waals surface area contributed by atoms with Gasteiger partial charge >= 0.3 is 190 Å². The molecule has 0 saturated heterocycles. The smallest absolute Gasteiger partial charge is 0 e. The molecule has 4 aromatic rings. The Labute approximate surface area is 249 Å². The van der Waals surface area contributed by atoms with Crippen molar-refractivity contribution in [2.24, 2.45) is 4.99 Å². The number of fused-ring (bicyclic) bond motifs is 2. The number of rotatable bonds is 4. The maximum Gasteiger partial charge on any atom is 0 e. The molecule has 39 heavy (non-hydrogen) atoms. The molecular weight excluding hydrogens is 735 g/mol. The van der Waals surface area contributed by atoms with Crippen molar-refractivity contribution in [3.05, 3.63) is 102 Å². The summed E-state index contributed by atoms with van der Waals surface area (Å²) in [5.74, 6) is 4.91. The van der Waals surface area contributed by atoms with Crippen molar-refractivity contribution < 1.29 is 30.0 Å². The Morgan fingerprint density at radius 1 is 0.949 bits per heavy atom. The Balaban J connectivity index is 0.000000468. The van der Waals surface area contributed by atoms with Crippen LogP contribution in [0.3, 0.4) is 0 Å². The van der Waals surface area contributed by atoms with Crippen LogP contribution in [0.4, 0.5) is 5.69 Å². The number of carbonyl (C=O) groups is 1. The van der Waals surface area contributed by atoms with E-state index in [1.165, 1.54) is 61.5 Å². The van der Waals surface area contributed by atoms with Gasteiger partial charge in [-0.1, -0.05) is 0 Å². The van der Waals surface area contributed by atoms with E-state index in [1.807, 2.05) is 0 Å². The summed E-state index contributed by atoms with van der Waals surface area (Å²) in [6.45, 7) is 10.1. The van der Waals surface area contributed by atoms with Crippen LogP contribution < -0.4 is 9.58 Å². The molecule has 0 aromatic heterocycles. The average molecular weight is 772 g/mol. The van der Waals surface area contributed by atoms with Crippen molar-refractivity contribution in [3.63, 3.8) is 0 Å². The van der Waals surface area contributed by atoms with E-state index in [0.717, 1.165) is 5.69 Å². The standard InChI is InChI=1S/C28H28GeNSi.C5H8O2.Ir/c1-29(2)27-23(20-11-7-6-8-12-20)14-10-15-25(27)30-28(29)22-18-17-21-13-9-16-26(24(21)19-22)31(3,4)5;1-4(6)3-5(2)7;/h6-17,19H,1-5H3;3,6H,1-2H3;/q-1;;/b;4-3-;. The van der Waals surface area contributed by atoms with Crippen molar-refractivity contribution in [1.82, 2.24) is 0 Å². The number of aliphatic hydroxyl groups is 1. The number of aliphatic imine (C=N–C) groups is 1. The number of benzene rings is 4. The molecule has 0 bridgehead atoms. The predicted octanol–water partition coefficient (Wildman–Crippen LogP) is 7.48. The minimum absolute atomic E-state index is 0. The summed E-state index contributed by atoms with van der Waals surface area (Å²) in [6, 6.07) is 32.3. The molecule has 1 aliphatic heterocycles. The van der Waals surface area contributed by atoms with Crippen molar-refractivity contribution in [2.45, 2.75) is 45.0 Å². The molecule has 203 valence electrons. The van der Waals surface area contributed by atoms with E-state index in [1.54, 1.807) is 0 Å². The Morgan fingerprint density at radius 2 is 1.62 bits per heavy atom. The molecular formula is C33H36GeIrNO2Si-. The molecule has 0 unspecified atom stereocenters. The fraction of sp³-hybridized carbons (Fsp3) is 0.212. The van der Waals surface area contributed by atoms with Gasteiger partial charge in [-0.15, -0.1) is 0 Å². The van der Waals surface area contributed by atoms with Crippen LogP contribution >= 0.6 is 0 Å². The van der Waals surface area contributed by atoms with E-state index >= 15 is 0 Å². The maximum absolute atomic E-state index is 10.0. The molecule has 5 rings (SSSR count). The van der Waals surface area contributed by atoms with Gasteiger partial charge in [-0.05, 0) is 13.8 Å². The van der Waals surface area contributed by atoms with Crippen LogP contribution in [0.15, 0.2) is 95.7 Å². The van der Waals surface area contributed by atoms with Gasteiger partial charge in [0.05, 0.1) is 5.76 Å². The molecule has 6 heteroatoms. The molecule has 1 heterocycles. The summed E-state index contributed by atoms with van der Waals surface area (Å²) in [5.41, 5.74) is 5.00. The van der Waals surface area contributed by atoms with Gasteiger partial charge in [0.25, 0.3) is 0 Å². The summed E-state index contributed by atoms with van der Waals surface area (Å²) in [7, 11) is -1.45. The van der Waals surface area contributed by atoms with Crippen LogP contribution in [0, 0.1) is 6.07 Å². The van der Waals surface area contributed by atoms with Gasteiger partial charge in [-0.25, -0.2) is 0 Å². The monoisotopic (exact) mass is 773 g/mol. The summed E-state index contributed by atoms with van der Waals surface area (Å²) in [5, 5.41) is 12.6. The molecule has 4 aromatic carbocycles. The van der Waals surface area contributed by atoms with Gasteiger partial charge in [0, 0.05) is 26.2 Å². The van der Waals surface area contributed by atoms with Crippen molar-refractivity contribution in [1.29, 1.82) is 0 Å². The number of allylic oxidation sites excluding steroid dienone is 2. The zero-order valence-corrected chi connectivity index (χ0v) is 29.2. The summed E-state index contributed by atoms with van der Waals surface area (Å²) in [4.78, 5) is 15.3. The predicted molar refractivity (Wildman–Crippen MR) is 168 cm³/mol.